The van der Waals surface area contributed by atoms with E-state index in [1.165, 1.54) is 58.2 Å². The van der Waals surface area contributed by atoms with Crippen LogP contribution in [0.25, 0.3) is 5.69 Å². The molecule has 168 valence electrons. The molecule has 1 aromatic heterocycles. The molecule has 3 aromatic rings. The van der Waals surface area contributed by atoms with Gasteiger partial charge in [0.25, 0.3) is 11.5 Å². The van der Waals surface area contributed by atoms with Gasteiger partial charge >= 0.3 is 11.9 Å². The van der Waals surface area contributed by atoms with Crippen LogP contribution in [0.1, 0.15) is 38.9 Å². The number of nitrogens with zero attached hydrogens (tertiary/aromatic N) is 3. The number of rotatable bonds is 6. The first kappa shape index (κ1) is 21.8. The number of anilines is 1. The molecular formula is C23H20N4O6. The summed E-state index contributed by atoms with van der Waals surface area (Å²) in [6.45, 7) is 3.44. The smallest absolute Gasteiger partial charge is 0.335 e. The molecule has 1 amide bonds. The molecule has 0 radical (unpaired) electrons. The molecular weight excluding hydrogens is 428 g/mol. The molecule has 0 spiro atoms. The number of carboxylic acid groups (broad SMARTS) is 2. The van der Waals surface area contributed by atoms with Crippen molar-refractivity contribution in [3.63, 3.8) is 0 Å². The van der Waals surface area contributed by atoms with Gasteiger partial charge < -0.3 is 10.2 Å². The zero-order chi connectivity index (χ0) is 23.9. The molecule has 0 fully saturated rings. The number of H-pyrrole nitrogens is 1. The van der Waals surface area contributed by atoms with Crippen LogP contribution >= 0.6 is 0 Å². The number of aromatic nitrogens is 2. The lowest BCUT2D eigenvalue weighted by Gasteiger charge is -2.14. The number of aromatic amines is 1. The normalized spacial score (nSPS) is 15.6. The number of hydrogen-bond acceptors (Lipinski definition) is 5. The quantitative estimate of drug-likeness (QED) is 0.528. The summed E-state index contributed by atoms with van der Waals surface area (Å²) in [5.74, 6) is -3.08. The van der Waals surface area contributed by atoms with Crippen LogP contribution < -0.4 is 10.6 Å². The van der Waals surface area contributed by atoms with Crippen molar-refractivity contribution in [2.75, 3.05) is 5.01 Å². The first-order chi connectivity index (χ1) is 15.7. The van der Waals surface area contributed by atoms with E-state index in [9.17, 15) is 19.2 Å². The highest BCUT2D eigenvalue weighted by Gasteiger charge is 2.36. The summed E-state index contributed by atoms with van der Waals surface area (Å²) in [5.41, 5.74) is 2.34. The topological polar surface area (TPSA) is 145 Å². The Balaban J connectivity index is 1.59. The summed E-state index contributed by atoms with van der Waals surface area (Å²) in [6, 6.07) is 11.7. The Morgan fingerprint density at radius 2 is 1.42 bits per heavy atom. The number of aromatic carboxylic acids is 2. The Morgan fingerprint density at radius 1 is 0.909 bits per heavy atom. The number of carboxylic acids is 2. The molecule has 1 aliphatic rings. The Bertz CT molecular complexity index is 1350. The molecule has 33 heavy (non-hydrogen) atoms. The molecule has 3 N–H and O–H groups in total. The lowest BCUT2D eigenvalue weighted by atomic mass is 9.95. The van der Waals surface area contributed by atoms with E-state index in [0.29, 0.717) is 28.3 Å². The molecule has 0 saturated heterocycles. The third-order valence-electron chi connectivity index (χ3n) is 5.60. The SMILES string of the molecule is CC1=NN(c2ccc(C(=O)O)cc2)C(=O)C1Cc1c(C)[nH]n(-c2ccc(C(=O)O)cc2)c1=O. The fraction of sp³-hybridized carbons (Fsp3) is 0.174. The molecule has 1 aliphatic heterocycles. The largest absolute Gasteiger partial charge is 0.478 e. The predicted octanol–water partition coefficient (Wildman–Crippen LogP) is 2.45. The van der Waals surface area contributed by atoms with Gasteiger partial charge in [-0.2, -0.15) is 5.10 Å². The van der Waals surface area contributed by atoms with Crippen LogP contribution in [0.2, 0.25) is 0 Å². The number of benzene rings is 2. The van der Waals surface area contributed by atoms with E-state index >= 15 is 0 Å². The first-order valence-corrected chi connectivity index (χ1v) is 10.0. The Kier molecular flexibility index (Phi) is 5.42. The van der Waals surface area contributed by atoms with Gasteiger partial charge in [0.1, 0.15) is 0 Å². The summed E-state index contributed by atoms with van der Waals surface area (Å²) in [7, 11) is 0. The van der Waals surface area contributed by atoms with Crippen LogP contribution in [-0.4, -0.2) is 43.6 Å². The number of carbonyl (C=O) groups is 3. The third-order valence-corrected chi connectivity index (χ3v) is 5.60. The second-order valence-electron chi connectivity index (χ2n) is 7.71. The van der Waals surface area contributed by atoms with Gasteiger partial charge in [0, 0.05) is 17.0 Å². The van der Waals surface area contributed by atoms with E-state index in [0.717, 1.165) is 0 Å². The number of carbonyl (C=O) groups excluding carboxylic acids is 1. The molecule has 0 saturated carbocycles. The maximum Gasteiger partial charge on any atom is 0.335 e. The van der Waals surface area contributed by atoms with E-state index in [1.807, 2.05) is 0 Å². The summed E-state index contributed by atoms with van der Waals surface area (Å²) in [5, 5.41) is 26.6. The number of hydrazone groups is 1. The van der Waals surface area contributed by atoms with Crippen LogP contribution in [0.15, 0.2) is 58.4 Å². The summed E-state index contributed by atoms with van der Waals surface area (Å²) in [6.07, 6.45) is 0.138. The molecule has 1 unspecified atom stereocenters. The van der Waals surface area contributed by atoms with Crippen LogP contribution in [0.5, 0.6) is 0 Å². The molecule has 10 nitrogen and oxygen atoms in total. The second-order valence-corrected chi connectivity index (χ2v) is 7.71. The summed E-state index contributed by atoms with van der Waals surface area (Å²) in [4.78, 5) is 48.2. The monoisotopic (exact) mass is 448 g/mol. The van der Waals surface area contributed by atoms with Crippen molar-refractivity contribution in [1.29, 1.82) is 0 Å². The molecule has 10 heteroatoms. The van der Waals surface area contributed by atoms with Gasteiger partial charge in [0.05, 0.1) is 28.4 Å². The number of aryl methyl sites for hydroxylation is 1. The van der Waals surface area contributed by atoms with E-state index < -0.39 is 17.9 Å². The second kappa shape index (κ2) is 8.23. The average molecular weight is 448 g/mol. The maximum absolute atomic E-state index is 13.1. The van der Waals surface area contributed by atoms with Crippen LogP contribution in [0, 0.1) is 12.8 Å². The highest BCUT2D eigenvalue weighted by atomic mass is 16.4. The van der Waals surface area contributed by atoms with Gasteiger partial charge in [0.2, 0.25) is 0 Å². The molecule has 0 aliphatic carbocycles. The van der Waals surface area contributed by atoms with Crippen molar-refractivity contribution in [3.05, 3.63) is 81.3 Å². The van der Waals surface area contributed by atoms with Gasteiger partial charge in [-0.05, 0) is 68.8 Å². The van der Waals surface area contributed by atoms with E-state index in [4.69, 9.17) is 10.2 Å². The van der Waals surface area contributed by atoms with Crippen molar-refractivity contribution < 1.29 is 24.6 Å². The van der Waals surface area contributed by atoms with Crippen molar-refractivity contribution in [3.8, 4) is 5.69 Å². The van der Waals surface area contributed by atoms with Crippen LogP contribution in [0.4, 0.5) is 5.69 Å². The first-order valence-electron chi connectivity index (χ1n) is 10.0. The Morgan fingerprint density at radius 3 is 1.94 bits per heavy atom. The lowest BCUT2D eigenvalue weighted by Crippen LogP contribution is -2.30. The van der Waals surface area contributed by atoms with Gasteiger partial charge in [-0.1, -0.05) is 0 Å². The summed E-state index contributed by atoms with van der Waals surface area (Å²) >= 11 is 0. The van der Waals surface area contributed by atoms with Crippen molar-refractivity contribution in [1.82, 2.24) is 9.78 Å². The minimum atomic E-state index is -1.07. The van der Waals surface area contributed by atoms with Crippen molar-refractivity contribution in [2.45, 2.75) is 20.3 Å². The Labute approximate surface area is 187 Å². The lowest BCUT2D eigenvalue weighted by molar-refractivity contribution is -0.119. The molecule has 4 rings (SSSR count). The predicted molar refractivity (Wildman–Crippen MR) is 119 cm³/mol. The standard InChI is InChI=1S/C23H20N4O6/c1-12-18(20(28)26(24-12)16-7-3-14(4-8-16)22(30)31)11-19-13(2)25-27(21(19)29)17-9-5-15(6-10-17)23(32)33/h3-10,18,25H,11H2,1-2H3,(H,30,31)(H,32,33). The fourth-order valence-electron chi connectivity index (χ4n) is 3.73. The molecule has 1 atom stereocenters. The Hall–Kier alpha value is -4.47. The van der Waals surface area contributed by atoms with Gasteiger partial charge in [-0.3, -0.25) is 14.7 Å². The maximum atomic E-state index is 13.1. The van der Waals surface area contributed by atoms with Gasteiger partial charge in [0.15, 0.2) is 0 Å². The number of nitrogens with one attached hydrogen (secondary N) is 1. The number of hydrogen-bond donors (Lipinski definition) is 3. The molecule has 0 bridgehead atoms. The van der Waals surface area contributed by atoms with E-state index in [1.54, 1.807) is 13.8 Å². The minimum Gasteiger partial charge on any atom is -0.478 e. The zero-order valence-electron chi connectivity index (χ0n) is 17.8. The van der Waals surface area contributed by atoms with Gasteiger partial charge in [-0.25, -0.2) is 19.3 Å². The zero-order valence-corrected chi connectivity index (χ0v) is 17.8. The van der Waals surface area contributed by atoms with E-state index in [-0.39, 0.29) is 29.0 Å². The van der Waals surface area contributed by atoms with Crippen molar-refractivity contribution >= 4 is 29.2 Å². The van der Waals surface area contributed by atoms with Crippen molar-refractivity contribution in [2.24, 2.45) is 11.0 Å². The molecule has 2 heterocycles. The van der Waals surface area contributed by atoms with Crippen LogP contribution in [-0.2, 0) is 11.2 Å². The third kappa shape index (κ3) is 3.93. The summed E-state index contributed by atoms with van der Waals surface area (Å²) < 4.78 is 1.31. The number of amides is 1. The van der Waals surface area contributed by atoms with Gasteiger partial charge in [-0.15, -0.1) is 0 Å². The fourth-order valence-corrected chi connectivity index (χ4v) is 3.73. The van der Waals surface area contributed by atoms with Crippen LogP contribution in [0.3, 0.4) is 0 Å². The highest BCUT2D eigenvalue weighted by Crippen LogP contribution is 2.26. The van der Waals surface area contributed by atoms with E-state index in [2.05, 4.69) is 10.2 Å². The average Bonchev–Trinajstić information content (AvgIpc) is 3.24. The highest BCUT2D eigenvalue weighted by molar-refractivity contribution is 6.15. The molecule has 2 aromatic carbocycles. The minimum absolute atomic E-state index is 0.0996.